The van der Waals surface area contributed by atoms with E-state index in [0.717, 1.165) is 18.4 Å². The number of pyridine rings is 1. The van der Waals surface area contributed by atoms with Gasteiger partial charge in [-0.2, -0.15) is 5.26 Å². The number of nitrogens with zero attached hydrogens (tertiary/aromatic N) is 6. The topological polar surface area (TPSA) is 150 Å². The number of carboxylic acids is 1. The summed E-state index contributed by atoms with van der Waals surface area (Å²) >= 11 is 5.84. The normalized spacial score (nSPS) is 12.9. The van der Waals surface area contributed by atoms with E-state index in [1.165, 1.54) is 28.6 Å². The van der Waals surface area contributed by atoms with Crippen molar-refractivity contribution in [3.63, 3.8) is 0 Å². The van der Waals surface area contributed by atoms with E-state index in [4.69, 9.17) is 22.0 Å². The molecule has 5 rings (SSSR count). The summed E-state index contributed by atoms with van der Waals surface area (Å²) in [6.07, 6.45) is 9.69. The van der Waals surface area contributed by atoms with Crippen LogP contribution in [0.25, 0.3) is 5.65 Å². The van der Waals surface area contributed by atoms with Gasteiger partial charge in [-0.1, -0.05) is 22.9 Å². The minimum Gasteiger partial charge on any atom is -0.481 e. The Bertz CT molecular complexity index is 1590. The predicted molar refractivity (Wildman–Crippen MR) is 134 cm³/mol. The third-order valence-electron chi connectivity index (χ3n) is 6.26. The van der Waals surface area contributed by atoms with Gasteiger partial charge in [-0.05, 0) is 48.4 Å². The molecule has 0 saturated heterocycles. The quantitative estimate of drug-likeness (QED) is 0.206. The maximum absolute atomic E-state index is 14.5. The number of benzene rings is 1. The Balaban J connectivity index is 1.30. The van der Waals surface area contributed by atoms with Crippen LogP contribution in [0.15, 0.2) is 36.8 Å². The molecule has 0 atom stereocenters. The Hall–Kier alpha value is -4.50. The van der Waals surface area contributed by atoms with Crippen molar-refractivity contribution in [2.24, 2.45) is 0 Å². The summed E-state index contributed by atoms with van der Waals surface area (Å²) in [5.41, 5.74) is 3.65. The number of hydrogen-bond donors (Lipinski definition) is 3. The van der Waals surface area contributed by atoms with E-state index < -0.39 is 17.7 Å². The average molecular weight is 537 g/mol. The van der Waals surface area contributed by atoms with Crippen LogP contribution in [0.2, 0.25) is 5.02 Å². The van der Waals surface area contributed by atoms with E-state index in [9.17, 15) is 14.0 Å². The monoisotopic (exact) mass is 536 g/mol. The van der Waals surface area contributed by atoms with Gasteiger partial charge in [0.25, 0.3) is 5.91 Å². The maximum atomic E-state index is 14.5. The lowest BCUT2D eigenvalue weighted by Gasteiger charge is -2.10. The molecule has 1 aliphatic carbocycles. The third-order valence-corrected chi connectivity index (χ3v) is 6.55. The van der Waals surface area contributed by atoms with Gasteiger partial charge in [0.05, 0.1) is 29.1 Å². The number of aromatic nitrogens is 5. The fraction of sp³-hybridized carbons (Fsp3) is 0.280. The first-order chi connectivity index (χ1) is 18.3. The zero-order chi connectivity index (χ0) is 26.8. The van der Waals surface area contributed by atoms with Gasteiger partial charge in [0, 0.05) is 30.9 Å². The van der Waals surface area contributed by atoms with Crippen molar-refractivity contribution in [1.82, 2.24) is 29.7 Å². The number of nitrogens with one attached hydrogen (secondary N) is 2. The first-order valence-electron chi connectivity index (χ1n) is 11.8. The molecule has 0 spiro atoms. The van der Waals surface area contributed by atoms with E-state index >= 15 is 0 Å². The van der Waals surface area contributed by atoms with E-state index in [1.54, 1.807) is 6.19 Å². The second-order valence-corrected chi connectivity index (χ2v) is 9.45. The van der Waals surface area contributed by atoms with E-state index in [0.29, 0.717) is 23.7 Å². The van der Waals surface area contributed by atoms with Gasteiger partial charge in [0.2, 0.25) is 0 Å². The molecule has 1 amide bonds. The van der Waals surface area contributed by atoms with Gasteiger partial charge in [0.15, 0.2) is 11.9 Å². The lowest BCUT2D eigenvalue weighted by atomic mass is 10.1. The van der Waals surface area contributed by atoms with Crippen molar-refractivity contribution >= 4 is 34.8 Å². The Kier molecular flexibility index (Phi) is 6.93. The van der Waals surface area contributed by atoms with E-state index in [2.05, 4.69) is 25.9 Å². The van der Waals surface area contributed by atoms with Crippen LogP contribution in [-0.4, -0.2) is 41.4 Å². The largest absolute Gasteiger partial charge is 0.481 e. The van der Waals surface area contributed by atoms with Crippen molar-refractivity contribution in [1.29, 1.82) is 5.26 Å². The molecule has 3 N–H and O–H groups in total. The molecule has 1 fully saturated rings. The Morgan fingerprint density at radius 3 is 2.82 bits per heavy atom. The molecule has 1 saturated carbocycles. The molecule has 3 aromatic heterocycles. The average Bonchev–Trinajstić information content (AvgIpc) is 3.50. The van der Waals surface area contributed by atoms with Crippen molar-refractivity contribution in [3.8, 4) is 6.19 Å². The number of anilines is 1. The highest BCUT2D eigenvalue weighted by Crippen LogP contribution is 2.40. The van der Waals surface area contributed by atoms with Gasteiger partial charge in [-0.25, -0.2) is 14.1 Å². The third kappa shape index (κ3) is 5.42. The summed E-state index contributed by atoms with van der Waals surface area (Å²) < 4.78 is 17.8. The van der Waals surface area contributed by atoms with Crippen LogP contribution in [0.1, 0.15) is 58.1 Å². The number of carbonyl (C=O) groups is 2. The van der Waals surface area contributed by atoms with Gasteiger partial charge in [-0.15, -0.1) is 5.10 Å². The summed E-state index contributed by atoms with van der Waals surface area (Å²) in [4.78, 5) is 28.4. The summed E-state index contributed by atoms with van der Waals surface area (Å²) in [6, 6.07) is 4.81. The van der Waals surface area contributed by atoms with E-state index in [1.807, 2.05) is 22.9 Å². The maximum Gasteiger partial charge on any atom is 0.303 e. The zero-order valence-electron chi connectivity index (χ0n) is 20.0. The first kappa shape index (κ1) is 25.2. The second-order valence-electron chi connectivity index (χ2n) is 9.04. The Morgan fingerprint density at radius 2 is 2.08 bits per heavy atom. The van der Waals surface area contributed by atoms with Gasteiger partial charge < -0.3 is 14.8 Å². The van der Waals surface area contributed by atoms with Crippen LogP contribution in [-0.2, 0) is 24.3 Å². The predicted octanol–water partition coefficient (Wildman–Crippen LogP) is 3.48. The fourth-order valence-electron chi connectivity index (χ4n) is 4.23. The molecule has 194 valence electrons. The van der Waals surface area contributed by atoms with Crippen LogP contribution < -0.4 is 10.6 Å². The first-order valence-corrected chi connectivity index (χ1v) is 12.2. The minimum absolute atomic E-state index is 0.0146. The van der Waals surface area contributed by atoms with Crippen LogP contribution in [0, 0.1) is 17.3 Å². The number of amides is 1. The highest BCUT2D eigenvalue weighted by molar-refractivity contribution is 6.30. The van der Waals surface area contributed by atoms with E-state index in [-0.39, 0.29) is 41.5 Å². The molecule has 0 bridgehead atoms. The molecule has 13 heteroatoms. The van der Waals surface area contributed by atoms with Crippen molar-refractivity contribution in [2.45, 2.75) is 44.7 Å². The minimum atomic E-state index is -0.865. The van der Waals surface area contributed by atoms with Gasteiger partial charge in [0.1, 0.15) is 11.5 Å². The lowest BCUT2D eigenvalue weighted by Crippen LogP contribution is -2.24. The van der Waals surface area contributed by atoms with Crippen molar-refractivity contribution < 1.29 is 19.1 Å². The molecule has 1 aliphatic rings. The van der Waals surface area contributed by atoms with Crippen LogP contribution in [0.5, 0.6) is 0 Å². The fourth-order valence-corrected chi connectivity index (χ4v) is 4.41. The van der Waals surface area contributed by atoms with Crippen LogP contribution in [0.3, 0.4) is 0 Å². The number of carboxylic acid groups (broad SMARTS) is 1. The highest BCUT2D eigenvalue weighted by Gasteiger charge is 2.25. The molecule has 3 heterocycles. The van der Waals surface area contributed by atoms with Crippen LogP contribution >= 0.6 is 11.6 Å². The number of rotatable bonds is 10. The molecule has 0 unspecified atom stereocenters. The lowest BCUT2D eigenvalue weighted by molar-refractivity contribution is -0.136. The molecule has 0 radical (unpaired) electrons. The standard InChI is InChI=1S/C25H22ClFN8O3/c26-19-4-5-20(30-13-28)18(23(19)27)8-29-25(38)21-12-35(33-32-21)11-17-10-34-9-16(14-1-2-14)7-15(24(34)31-17)3-6-22(36)37/h4-5,7,9-10,12,14,30H,1-3,6,8,11H2,(H,29,38)(H,36,37). The number of fused-ring (bicyclic) bond motifs is 1. The molecular formula is C25H22ClFN8O3. The van der Waals surface area contributed by atoms with Gasteiger partial charge in [-0.3, -0.25) is 14.9 Å². The highest BCUT2D eigenvalue weighted by atomic mass is 35.5. The van der Waals surface area contributed by atoms with Gasteiger partial charge >= 0.3 is 5.97 Å². The number of halogens is 2. The molecular weight excluding hydrogens is 515 g/mol. The number of carbonyl (C=O) groups excluding carboxylic acids is 1. The second kappa shape index (κ2) is 10.5. The van der Waals surface area contributed by atoms with Crippen LogP contribution in [0.4, 0.5) is 10.1 Å². The summed E-state index contributed by atoms with van der Waals surface area (Å²) in [5, 5.41) is 30.7. The molecule has 38 heavy (non-hydrogen) atoms. The molecule has 0 aliphatic heterocycles. The molecule has 11 nitrogen and oxygen atoms in total. The van der Waals surface area contributed by atoms with Crippen molar-refractivity contribution in [2.75, 3.05) is 5.32 Å². The smallest absolute Gasteiger partial charge is 0.303 e. The number of aryl methyl sites for hydroxylation is 1. The SMILES string of the molecule is N#CNc1ccc(Cl)c(F)c1CNC(=O)c1cn(Cc2cn3cc(C4CC4)cc(CCC(=O)O)c3n2)nn1. The molecule has 4 aromatic rings. The molecule has 1 aromatic carbocycles. The Morgan fingerprint density at radius 1 is 1.26 bits per heavy atom. The van der Waals surface area contributed by atoms with Crippen molar-refractivity contribution in [3.05, 3.63) is 75.7 Å². The number of hydrogen-bond acceptors (Lipinski definition) is 7. The Labute approximate surface area is 220 Å². The number of imidazole rings is 1. The summed E-state index contributed by atoms with van der Waals surface area (Å²) in [5.74, 6) is -1.69. The number of nitriles is 1. The summed E-state index contributed by atoms with van der Waals surface area (Å²) in [6.45, 7) is 0.00916. The summed E-state index contributed by atoms with van der Waals surface area (Å²) in [7, 11) is 0. The zero-order valence-corrected chi connectivity index (χ0v) is 20.7. The number of aliphatic carboxylic acids is 1.